The first-order chi connectivity index (χ1) is 14.9. The summed E-state index contributed by atoms with van der Waals surface area (Å²) in [4.78, 5) is 14.6. The molecule has 1 spiro atoms. The average molecular weight is 453 g/mol. The lowest BCUT2D eigenvalue weighted by atomic mass is 9.63. The van der Waals surface area contributed by atoms with Gasteiger partial charge in [-0.15, -0.1) is 0 Å². The quantitative estimate of drug-likeness (QED) is 0.556. The summed E-state index contributed by atoms with van der Waals surface area (Å²) in [5, 5.41) is 4.71. The van der Waals surface area contributed by atoms with Crippen molar-refractivity contribution in [3.63, 3.8) is 0 Å². The number of pyridine rings is 1. The number of fused-ring (bicyclic) bond motifs is 1. The largest absolute Gasteiger partial charge is 0.382 e. The van der Waals surface area contributed by atoms with Gasteiger partial charge in [0.1, 0.15) is 10.8 Å². The van der Waals surface area contributed by atoms with Gasteiger partial charge in [0.2, 0.25) is 0 Å². The molecular weight excluding hydrogens is 428 g/mol. The first-order valence-electron chi connectivity index (χ1n) is 10.4. The number of anilines is 1. The molecule has 0 amide bonds. The summed E-state index contributed by atoms with van der Waals surface area (Å²) in [5.74, 6) is 0.310. The van der Waals surface area contributed by atoms with E-state index in [1.807, 2.05) is 19.2 Å². The number of nitrogens with zero attached hydrogens (tertiary/aromatic N) is 3. The van der Waals surface area contributed by atoms with E-state index in [2.05, 4.69) is 34.6 Å². The molecule has 5 rings (SSSR count). The predicted molar refractivity (Wildman–Crippen MR) is 124 cm³/mol. The highest BCUT2D eigenvalue weighted by atomic mass is 35.5. The van der Waals surface area contributed by atoms with Gasteiger partial charge in [-0.3, -0.25) is 4.98 Å². The van der Waals surface area contributed by atoms with Crippen molar-refractivity contribution in [3.8, 4) is 0 Å². The Hall–Kier alpha value is -2.19. The number of nitrogens with two attached hydrogens (primary N) is 2. The fraction of sp³-hybridized carbons (Fsp3) is 0.348. The third kappa shape index (κ3) is 3.22. The van der Waals surface area contributed by atoms with Gasteiger partial charge < -0.3 is 16.8 Å². The van der Waals surface area contributed by atoms with E-state index in [9.17, 15) is 0 Å². The Kier molecular flexibility index (Phi) is 5.17. The maximum Gasteiger partial charge on any atom is 0.143 e. The normalized spacial score (nSPS) is 21.9. The molecule has 5 N–H and O–H groups in total. The Labute approximate surface area is 191 Å². The number of piperidine rings is 1. The van der Waals surface area contributed by atoms with Crippen LogP contribution in [0.5, 0.6) is 0 Å². The second kappa shape index (κ2) is 7.74. The van der Waals surface area contributed by atoms with E-state index in [1.54, 1.807) is 6.20 Å². The summed E-state index contributed by atoms with van der Waals surface area (Å²) in [6.07, 6.45) is 6.50. The monoisotopic (exact) mass is 452 g/mol. The highest BCUT2D eigenvalue weighted by molar-refractivity contribution is 7.99. The number of aromatic nitrogens is 3. The Morgan fingerprint density at radius 3 is 2.68 bits per heavy atom. The molecule has 0 radical (unpaired) electrons. The summed E-state index contributed by atoms with van der Waals surface area (Å²) < 4.78 is 0. The van der Waals surface area contributed by atoms with Crippen LogP contribution in [-0.2, 0) is 12.0 Å². The molecule has 2 aromatic heterocycles. The zero-order chi connectivity index (χ0) is 21.6. The number of rotatable bonds is 3. The van der Waals surface area contributed by atoms with Crippen molar-refractivity contribution < 1.29 is 0 Å². The molecule has 160 valence electrons. The molecule has 0 saturated carbocycles. The van der Waals surface area contributed by atoms with E-state index in [-0.39, 0.29) is 5.41 Å². The molecule has 1 fully saturated rings. The van der Waals surface area contributed by atoms with E-state index in [0.29, 0.717) is 10.8 Å². The van der Waals surface area contributed by atoms with E-state index in [4.69, 9.17) is 33.0 Å². The van der Waals surface area contributed by atoms with Gasteiger partial charge in [-0.25, -0.2) is 9.97 Å². The number of nitrogen functional groups attached to an aromatic ring is 1. The molecule has 3 heterocycles. The Balaban J connectivity index is 1.57. The maximum atomic E-state index is 7.33. The van der Waals surface area contributed by atoms with Crippen LogP contribution < -0.4 is 16.8 Å². The van der Waals surface area contributed by atoms with Crippen molar-refractivity contribution in [1.82, 2.24) is 20.3 Å². The van der Waals surface area contributed by atoms with E-state index in [0.717, 1.165) is 53.7 Å². The third-order valence-electron chi connectivity index (χ3n) is 6.76. The average Bonchev–Trinajstić information content (AvgIpc) is 3.02. The van der Waals surface area contributed by atoms with Crippen molar-refractivity contribution >= 4 is 29.2 Å². The minimum absolute atomic E-state index is 0.0550. The number of hydrogen-bond acceptors (Lipinski definition) is 7. The topological polar surface area (TPSA) is 103 Å². The molecular formula is C23H25ClN6S. The summed E-state index contributed by atoms with van der Waals surface area (Å²) >= 11 is 7.77. The summed E-state index contributed by atoms with van der Waals surface area (Å²) in [6.45, 7) is 3.90. The second-order valence-electron chi connectivity index (χ2n) is 8.43. The minimum Gasteiger partial charge on any atom is -0.382 e. The fourth-order valence-electron chi connectivity index (χ4n) is 5.12. The molecule has 6 nitrogen and oxygen atoms in total. The van der Waals surface area contributed by atoms with E-state index < -0.39 is 5.54 Å². The molecule has 8 heteroatoms. The van der Waals surface area contributed by atoms with Crippen molar-refractivity contribution in [2.24, 2.45) is 11.1 Å². The highest BCUT2D eigenvalue weighted by Gasteiger charge is 2.57. The first-order valence-corrected chi connectivity index (χ1v) is 11.6. The van der Waals surface area contributed by atoms with E-state index >= 15 is 0 Å². The number of aryl methyl sites for hydroxylation is 1. The van der Waals surface area contributed by atoms with Gasteiger partial charge in [0.15, 0.2) is 0 Å². The Morgan fingerprint density at radius 1 is 1.13 bits per heavy atom. The van der Waals surface area contributed by atoms with Gasteiger partial charge in [0.25, 0.3) is 0 Å². The molecule has 0 bridgehead atoms. The van der Waals surface area contributed by atoms with Gasteiger partial charge in [0.05, 0.1) is 28.1 Å². The standard InChI is InChI=1S/C23H25ClN6S/c1-14-21(31-17-6-9-28-20(25)19(17)24)29-13-18(30-14)23(26)16-5-3-2-4-15(16)12-22(23)7-10-27-11-8-22/h2-6,9,13,27H,7-8,10-12,26H2,1H3,(H2,25,28). The maximum absolute atomic E-state index is 7.33. The summed E-state index contributed by atoms with van der Waals surface area (Å²) in [5.41, 5.74) is 16.6. The van der Waals surface area contributed by atoms with Crippen molar-refractivity contribution in [2.75, 3.05) is 18.8 Å². The molecule has 3 aromatic rings. The van der Waals surface area contributed by atoms with Crippen LogP contribution in [0.15, 0.2) is 52.6 Å². The lowest BCUT2D eigenvalue weighted by Gasteiger charge is -2.46. The minimum atomic E-state index is -0.661. The Morgan fingerprint density at radius 2 is 1.90 bits per heavy atom. The third-order valence-corrected chi connectivity index (χ3v) is 8.42. The molecule has 1 aliphatic heterocycles. The van der Waals surface area contributed by atoms with Gasteiger partial charge in [-0.2, -0.15) is 0 Å². The smallest absolute Gasteiger partial charge is 0.143 e. The van der Waals surface area contributed by atoms with Crippen molar-refractivity contribution in [3.05, 3.63) is 70.3 Å². The van der Waals surface area contributed by atoms with Crippen LogP contribution in [0.1, 0.15) is 35.4 Å². The van der Waals surface area contributed by atoms with Crippen LogP contribution in [-0.4, -0.2) is 28.0 Å². The van der Waals surface area contributed by atoms with Crippen LogP contribution in [0.4, 0.5) is 5.82 Å². The van der Waals surface area contributed by atoms with Crippen molar-refractivity contribution in [2.45, 2.75) is 41.6 Å². The zero-order valence-electron chi connectivity index (χ0n) is 17.4. The lowest BCUT2D eigenvalue weighted by Crippen LogP contribution is -2.55. The van der Waals surface area contributed by atoms with Gasteiger partial charge in [-0.1, -0.05) is 47.6 Å². The molecule has 1 aromatic carbocycles. The van der Waals surface area contributed by atoms with Crippen molar-refractivity contribution in [1.29, 1.82) is 0 Å². The number of nitrogens with one attached hydrogen (secondary N) is 1. The fourth-order valence-corrected chi connectivity index (χ4v) is 6.18. The molecule has 1 unspecified atom stereocenters. The second-order valence-corrected chi connectivity index (χ2v) is 9.84. The number of halogens is 1. The molecule has 1 atom stereocenters. The molecule has 1 saturated heterocycles. The predicted octanol–water partition coefficient (Wildman–Crippen LogP) is 3.70. The van der Waals surface area contributed by atoms with Crippen LogP contribution >= 0.6 is 23.4 Å². The first kappa shape index (κ1) is 20.7. The Bertz CT molecular complexity index is 1150. The number of hydrogen-bond donors (Lipinski definition) is 3. The molecule has 2 aliphatic rings. The van der Waals surface area contributed by atoms with Crippen LogP contribution in [0.2, 0.25) is 5.02 Å². The zero-order valence-corrected chi connectivity index (χ0v) is 18.9. The lowest BCUT2D eigenvalue weighted by molar-refractivity contribution is 0.117. The number of benzene rings is 1. The van der Waals surface area contributed by atoms with Crippen LogP contribution in [0.3, 0.4) is 0 Å². The van der Waals surface area contributed by atoms with Crippen LogP contribution in [0, 0.1) is 12.3 Å². The van der Waals surface area contributed by atoms with Crippen LogP contribution in [0.25, 0.3) is 0 Å². The summed E-state index contributed by atoms with van der Waals surface area (Å²) in [6, 6.07) is 10.4. The van der Waals surface area contributed by atoms with Gasteiger partial charge in [0, 0.05) is 16.5 Å². The van der Waals surface area contributed by atoms with E-state index in [1.165, 1.54) is 22.9 Å². The van der Waals surface area contributed by atoms with Gasteiger partial charge in [-0.05, 0) is 56.5 Å². The summed E-state index contributed by atoms with van der Waals surface area (Å²) in [7, 11) is 0. The highest BCUT2D eigenvalue weighted by Crippen LogP contribution is 2.56. The molecule has 31 heavy (non-hydrogen) atoms. The molecule has 1 aliphatic carbocycles. The van der Waals surface area contributed by atoms with Gasteiger partial charge >= 0.3 is 0 Å². The SMILES string of the molecule is Cc1nc(C2(N)c3ccccc3CC23CCNCC3)cnc1Sc1ccnc(N)c1Cl.